The van der Waals surface area contributed by atoms with E-state index in [0.717, 1.165) is 6.08 Å². The predicted molar refractivity (Wildman–Crippen MR) is 41.8 cm³/mol. The van der Waals surface area contributed by atoms with Crippen molar-refractivity contribution in [3.05, 3.63) is 25.3 Å². The summed E-state index contributed by atoms with van der Waals surface area (Å²) in [5, 5.41) is 7.84. The van der Waals surface area contributed by atoms with Gasteiger partial charge in [-0.05, 0) is 6.08 Å². The molecule has 0 rings (SSSR count). The standard InChI is InChI=1S/C4H6O2.C3H5NO/c1-2-3-4(5)6;1-2-3(4)5/h2H,1,3H2,(H,5,6);2H,1H2,(H2,4,5). The van der Waals surface area contributed by atoms with Crippen molar-refractivity contribution in [2.75, 3.05) is 0 Å². The van der Waals surface area contributed by atoms with Crippen LogP contribution in [0.1, 0.15) is 6.42 Å². The molecule has 0 aromatic carbocycles. The van der Waals surface area contributed by atoms with Crippen molar-refractivity contribution in [1.82, 2.24) is 0 Å². The van der Waals surface area contributed by atoms with Crippen LogP contribution < -0.4 is 5.73 Å². The Morgan fingerprint density at radius 3 is 1.82 bits per heavy atom. The SMILES string of the molecule is C=CC(N)=O.C=CCC(=O)O. The van der Waals surface area contributed by atoms with E-state index in [1.807, 2.05) is 0 Å². The topological polar surface area (TPSA) is 80.4 Å². The molecule has 0 aliphatic heterocycles. The second-order valence-corrected chi connectivity index (χ2v) is 1.49. The fourth-order valence-corrected chi connectivity index (χ4v) is 0.123. The molecule has 0 aromatic heterocycles. The van der Waals surface area contributed by atoms with Gasteiger partial charge in [-0.15, -0.1) is 6.58 Å². The highest BCUT2D eigenvalue weighted by Crippen LogP contribution is 1.74. The summed E-state index contributed by atoms with van der Waals surface area (Å²) in [5.74, 6) is -1.31. The molecule has 0 bridgehead atoms. The molecule has 0 aliphatic carbocycles. The first-order chi connectivity index (χ1) is 5.04. The van der Waals surface area contributed by atoms with Gasteiger partial charge in [-0.25, -0.2) is 0 Å². The minimum atomic E-state index is -0.829. The highest BCUT2D eigenvalue weighted by atomic mass is 16.4. The Balaban J connectivity index is 0. The van der Waals surface area contributed by atoms with Gasteiger partial charge in [-0.1, -0.05) is 12.7 Å². The van der Waals surface area contributed by atoms with Crippen LogP contribution in [0.2, 0.25) is 0 Å². The largest absolute Gasteiger partial charge is 0.481 e. The van der Waals surface area contributed by atoms with Crippen molar-refractivity contribution in [2.45, 2.75) is 6.42 Å². The smallest absolute Gasteiger partial charge is 0.307 e. The molecule has 4 nitrogen and oxygen atoms in total. The van der Waals surface area contributed by atoms with E-state index in [9.17, 15) is 9.59 Å². The lowest BCUT2D eigenvalue weighted by atomic mass is 10.4. The second kappa shape index (κ2) is 8.42. The molecule has 4 heteroatoms. The summed E-state index contributed by atoms with van der Waals surface area (Å²) in [6, 6.07) is 0. The van der Waals surface area contributed by atoms with Gasteiger partial charge in [0.15, 0.2) is 0 Å². The predicted octanol–water partition coefficient (Wildman–Crippen LogP) is 0.305. The van der Waals surface area contributed by atoms with Gasteiger partial charge in [0.2, 0.25) is 5.91 Å². The van der Waals surface area contributed by atoms with E-state index >= 15 is 0 Å². The zero-order valence-corrected chi connectivity index (χ0v) is 6.12. The first-order valence-corrected chi connectivity index (χ1v) is 2.79. The maximum atomic E-state index is 9.53. The van der Waals surface area contributed by atoms with Gasteiger partial charge in [-0.3, -0.25) is 9.59 Å². The molecule has 0 aromatic rings. The lowest BCUT2D eigenvalue weighted by molar-refractivity contribution is -0.136. The lowest BCUT2D eigenvalue weighted by Crippen LogP contribution is -2.04. The zero-order valence-electron chi connectivity index (χ0n) is 6.12. The van der Waals surface area contributed by atoms with Crippen LogP contribution in [-0.2, 0) is 9.59 Å². The Morgan fingerprint density at radius 2 is 1.82 bits per heavy atom. The maximum Gasteiger partial charge on any atom is 0.307 e. The van der Waals surface area contributed by atoms with E-state index in [1.54, 1.807) is 0 Å². The van der Waals surface area contributed by atoms with Crippen molar-refractivity contribution < 1.29 is 14.7 Å². The maximum absolute atomic E-state index is 9.53. The Bertz CT molecular complexity index is 163. The third-order valence-electron chi connectivity index (χ3n) is 0.520. The molecule has 0 heterocycles. The fraction of sp³-hybridized carbons (Fsp3) is 0.143. The number of carboxylic acid groups (broad SMARTS) is 1. The number of hydrogen-bond acceptors (Lipinski definition) is 2. The van der Waals surface area contributed by atoms with Crippen LogP contribution in [0.15, 0.2) is 25.3 Å². The van der Waals surface area contributed by atoms with Gasteiger partial charge in [-0.2, -0.15) is 0 Å². The number of nitrogens with two attached hydrogens (primary N) is 1. The lowest BCUT2D eigenvalue weighted by Gasteiger charge is -1.75. The quantitative estimate of drug-likeness (QED) is 0.457. The van der Waals surface area contributed by atoms with E-state index < -0.39 is 11.9 Å². The third-order valence-corrected chi connectivity index (χ3v) is 0.520. The van der Waals surface area contributed by atoms with Crippen LogP contribution >= 0.6 is 0 Å². The average Bonchev–Trinajstić information content (AvgIpc) is 1.89. The fourth-order valence-electron chi connectivity index (χ4n) is 0.123. The van der Waals surface area contributed by atoms with E-state index in [-0.39, 0.29) is 6.42 Å². The highest BCUT2D eigenvalue weighted by Gasteiger charge is 1.84. The number of carbonyl (C=O) groups is 2. The van der Waals surface area contributed by atoms with Gasteiger partial charge in [0.05, 0.1) is 6.42 Å². The number of aliphatic carboxylic acids is 1. The summed E-state index contributed by atoms with van der Waals surface area (Å²) in [6.45, 7) is 6.31. The first-order valence-electron chi connectivity index (χ1n) is 2.79. The number of hydrogen-bond donors (Lipinski definition) is 2. The summed E-state index contributed by atoms with van der Waals surface area (Å²) in [6.07, 6.45) is 2.46. The Hall–Kier alpha value is -1.58. The summed E-state index contributed by atoms with van der Waals surface area (Å²) in [4.78, 5) is 19.0. The van der Waals surface area contributed by atoms with Crippen LogP contribution in [0.3, 0.4) is 0 Å². The molecule has 0 fully saturated rings. The molecule has 3 N–H and O–H groups in total. The molecule has 0 aliphatic rings. The van der Waals surface area contributed by atoms with E-state index in [0.29, 0.717) is 0 Å². The van der Waals surface area contributed by atoms with Gasteiger partial charge < -0.3 is 10.8 Å². The summed E-state index contributed by atoms with van der Waals surface area (Å²) >= 11 is 0. The summed E-state index contributed by atoms with van der Waals surface area (Å²) in [7, 11) is 0. The average molecular weight is 157 g/mol. The van der Waals surface area contributed by atoms with Gasteiger partial charge >= 0.3 is 5.97 Å². The molecule has 0 unspecified atom stereocenters. The molecule has 11 heavy (non-hydrogen) atoms. The summed E-state index contributed by atoms with van der Waals surface area (Å²) < 4.78 is 0. The van der Waals surface area contributed by atoms with Crippen LogP contribution in [0.25, 0.3) is 0 Å². The molecular weight excluding hydrogens is 146 g/mol. The Labute approximate surface area is 65.0 Å². The number of rotatable bonds is 3. The van der Waals surface area contributed by atoms with E-state index in [4.69, 9.17) is 5.11 Å². The number of amides is 1. The normalized spacial score (nSPS) is 6.91. The van der Waals surface area contributed by atoms with Crippen LogP contribution in [0.4, 0.5) is 0 Å². The number of carbonyl (C=O) groups excluding carboxylic acids is 1. The van der Waals surface area contributed by atoms with Crippen molar-refractivity contribution in [3.8, 4) is 0 Å². The molecule has 0 spiro atoms. The van der Waals surface area contributed by atoms with Crippen LogP contribution in [-0.4, -0.2) is 17.0 Å². The number of carboxylic acids is 1. The monoisotopic (exact) mass is 157 g/mol. The Morgan fingerprint density at radius 1 is 1.45 bits per heavy atom. The highest BCUT2D eigenvalue weighted by molar-refractivity contribution is 5.84. The number of primary amides is 1. The molecule has 0 saturated heterocycles. The van der Waals surface area contributed by atoms with Crippen molar-refractivity contribution in [2.24, 2.45) is 5.73 Å². The van der Waals surface area contributed by atoms with Crippen molar-refractivity contribution in [1.29, 1.82) is 0 Å². The van der Waals surface area contributed by atoms with Crippen LogP contribution in [0.5, 0.6) is 0 Å². The molecule has 1 amide bonds. The minimum absolute atomic E-state index is 0.0556. The second-order valence-electron chi connectivity index (χ2n) is 1.49. The molecule has 0 saturated carbocycles. The van der Waals surface area contributed by atoms with Crippen molar-refractivity contribution in [3.63, 3.8) is 0 Å². The third kappa shape index (κ3) is 29.7. The van der Waals surface area contributed by atoms with Gasteiger partial charge in [0.25, 0.3) is 0 Å². The molecule has 62 valence electrons. The van der Waals surface area contributed by atoms with E-state index in [2.05, 4.69) is 18.9 Å². The first kappa shape index (κ1) is 12.1. The Kier molecular flexibility index (Phi) is 9.29. The molecule has 0 radical (unpaired) electrons. The zero-order chi connectivity index (χ0) is 9.28. The van der Waals surface area contributed by atoms with Gasteiger partial charge in [0.1, 0.15) is 0 Å². The van der Waals surface area contributed by atoms with Gasteiger partial charge in [0, 0.05) is 0 Å². The van der Waals surface area contributed by atoms with Crippen molar-refractivity contribution >= 4 is 11.9 Å². The van der Waals surface area contributed by atoms with Crippen LogP contribution in [0, 0.1) is 0 Å². The molecular formula is C7H11NO3. The van der Waals surface area contributed by atoms with E-state index in [1.165, 1.54) is 6.08 Å². The summed E-state index contributed by atoms with van der Waals surface area (Å²) in [5.41, 5.74) is 4.53. The molecule has 0 atom stereocenters. The minimum Gasteiger partial charge on any atom is -0.481 e.